The fraction of sp³-hybridized carbons (Fsp3) is 0.0714. The Morgan fingerprint density at radius 1 is 1.25 bits per heavy atom. The van der Waals surface area contributed by atoms with E-state index in [1.54, 1.807) is 18.2 Å². The summed E-state index contributed by atoms with van der Waals surface area (Å²) >= 11 is 5.86. The highest BCUT2D eigenvalue weighted by molar-refractivity contribution is 6.30. The largest absolute Gasteiger partial charge is 0.417 e. The van der Waals surface area contributed by atoms with Crippen molar-refractivity contribution in [1.29, 1.82) is 0 Å². The Morgan fingerprint density at radius 2 is 2.05 bits per heavy atom. The highest BCUT2D eigenvalue weighted by atomic mass is 35.5. The molecule has 3 N–H and O–H groups in total. The number of fused-ring (bicyclic) bond motifs is 1. The molecule has 0 aliphatic heterocycles. The molecule has 0 fully saturated rings. The smallest absolute Gasteiger partial charge is 0.408 e. The minimum Gasteiger partial charge on any atom is -0.408 e. The third kappa shape index (κ3) is 2.21. The van der Waals surface area contributed by atoms with Crippen LogP contribution in [-0.4, -0.2) is 4.98 Å². The van der Waals surface area contributed by atoms with Crippen LogP contribution >= 0.6 is 11.6 Å². The van der Waals surface area contributed by atoms with E-state index in [-0.39, 0.29) is 5.56 Å². The molecule has 0 saturated carbocycles. The van der Waals surface area contributed by atoms with E-state index in [1.165, 1.54) is 18.2 Å². The monoisotopic (exact) mass is 292 g/mol. The van der Waals surface area contributed by atoms with Gasteiger partial charge in [-0.15, -0.1) is 0 Å². The number of nitrogens with one attached hydrogen (secondary N) is 1. The van der Waals surface area contributed by atoms with Crippen molar-refractivity contribution in [1.82, 2.24) is 4.98 Å². The summed E-state index contributed by atoms with van der Waals surface area (Å²) in [4.78, 5) is 13.6. The Bertz CT molecular complexity index is 841. The van der Waals surface area contributed by atoms with Crippen molar-refractivity contribution < 1.29 is 8.81 Å². The average Bonchev–Trinajstić information content (AvgIpc) is 2.79. The van der Waals surface area contributed by atoms with Crippen LogP contribution in [0, 0.1) is 5.82 Å². The van der Waals surface area contributed by atoms with Crippen LogP contribution < -0.4 is 11.5 Å². The zero-order valence-electron chi connectivity index (χ0n) is 10.2. The van der Waals surface area contributed by atoms with Crippen LogP contribution in [0.25, 0.3) is 11.1 Å². The molecule has 0 bridgehead atoms. The van der Waals surface area contributed by atoms with Gasteiger partial charge in [0.1, 0.15) is 5.82 Å². The lowest BCUT2D eigenvalue weighted by Gasteiger charge is -2.13. The van der Waals surface area contributed by atoms with Gasteiger partial charge in [0.05, 0.1) is 11.6 Å². The highest BCUT2D eigenvalue weighted by Crippen LogP contribution is 2.26. The number of H-pyrrole nitrogens is 1. The molecule has 4 nitrogen and oxygen atoms in total. The zero-order chi connectivity index (χ0) is 14.3. The third-order valence-electron chi connectivity index (χ3n) is 3.10. The van der Waals surface area contributed by atoms with Gasteiger partial charge in [0.15, 0.2) is 5.58 Å². The Labute approximate surface area is 118 Å². The Kier molecular flexibility index (Phi) is 3.08. The summed E-state index contributed by atoms with van der Waals surface area (Å²) in [6, 6.07) is 8.50. The second kappa shape index (κ2) is 4.77. The van der Waals surface area contributed by atoms with Crippen LogP contribution in [0.15, 0.2) is 45.6 Å². The first-order valence-electron chi connectivity index (χ1n) is 5.88. The topological polar surface area (TPSA) is 72.0 Å². The van der Waals surface area contributed by atoms with Crippen molar-refractivity contribution in [3.63, 3.8) is 0 Å². The summed E-state index contributed by atoms with van der Waals surface area (Å²) in [5, 5.41) is 0.408. The van der Waals surface area contributed by atoms with Crippen molar-refractivity contribution in [2.45, 2.75) is 6.04 Å². The molecule has 3 aromatic rings. The fourth-order valence-corrected chi connectivity index (χ4v) is 2.27. The molecule has 0 amide bonds. The number of aromatic amines is 1. The lowest BCUT2D eigenvalue weighted by Crippen LogP contribution is -2.13. The van der Waals surface area contributed by atoms with Crippen LogP contribution in [-0.2, 0) is 0 Å². The first-order chi connectivity index (χ1) is 9.54. The molecule has 0 aliphatic carbocycles. The molecule has 0 aliphatic rings. The predicted molar refractivity (Wildman–Crippen MR) is 74.3 cm³/mol. The summed E-state index contributed by atoms with van der Waals surface area (Å²) in [5.74, 6) is -0.975. The average molecular weight is 293 g/mol. The van der Waals surface area contributed by atoms with Gasteiger partial charge >= 0.3 is 5.76 Å². The van der Waals surface area contributed by atoms with Gasteiger partial charge in [-0.2, -0.15) is 0 Å². The molecule has 1 heterocycles. The van der Waals surface area contributed by atoms with Crippen LogP contribution in [0.5, 0.6) is 0 Å². The normalized spacial score (nSPS) is 12.8. The molecular formula is C14H10ClFN2O2. The molecule has 1 atom stereocenters. The first-order valence-corrected chi connectivity index (χ1v) is 6.26. The van der Waals surface area contributed by atoms with Gasteiger partial charge in [-0.3, -0.25) is 4.98 Å². The van der Waals surface area contributed by atoms with E-state index < -0.39 is 17.6 Å². The van der Waals surface area contributed by atoms with Gasteiger partial charge in [-0.25, -0.2) is 9.18 Å². The predicted octanol–water partition coefficient (Wildman–Crippen LogP) is 2.96. The van der Waals surface area contributed by atoms with Crippen molar-refractivity contribution in [3.8, 4) is 0 Å². The molecule has 3 rings (SSSR count). The van der Waals surface area contributed by atoms with E-state index >= 15 is 0 Å². The number of benzene rings is 2. The fourth-order valence-electron chi connectivity index (χ4n) is 2.09. The van der Waals surface area contributed by atoms with E-state index in [1.807, 2.05) is 0 Å². The molecule has 1 aromatic heterocycles. The maximum atomic E-state index is 13.8. The molecule has 1 unspecified atom stereocenters. The SMILES string of the molecule is NC(c1ccc2[nH]c(=O)oc2c1)c1cc(Cl)ccc1F. The molecule has 102 valence electrons. The highest BCUT2D eigenvalue weighted by Gasteiger charge is 2.15. The van der Waals surface area contributed by atoms with Crippen molar-refractivity contribution in [2.75, 3.05) is 0 Å². The van der Waals surface area contributed by atoms with E-state index in [0.29, 0.717) is 21.7 Å². The van der Waals surface area contributed by atoms with Crippen molar-refractivity contribution in [2.24, 2.45) is 5.73 Å². The van der Waals surface area contributed by atoms with E-state index in [9.17, 15) is 9.18 Å². The summed E-state index contributed by atoms with van der Waals surface area (Å²) in [6.45, 7) is 0. The summed E-state index contributed by atoms with van der Waals surface area (Å²) in [6.07, 6.45) is 0. The minimum atomic E-state index is -0.696. The lowest BCUT2D eigenvalue weighted by atomic mass is 9.99. The second-order valence-electron chi connectivity index (χ2n) is 4.41. The van der Waals surface area contributed by atoms with Crippen LogP contribution in [0.2, 0.25) is 5.02 Å². The minimum absolute atomic E-state index is 0.287. The van der Waals surface area contributed by atoms with Gasteiger partial charge in [0.2, 0.25) is 0 Å². The Morgan fingerprint density at radius 3 is 2.85 bits per heavy atom. The molecule has 0 radical (unpaired) electrons. The zero-order valence-corrected chi connectivity index (χ0v) is 10.9. The van der Waals surface area contributed by atoms with Crippen molar-refractivity contribution in [3.05, 3.63) is 68.9 Å². The first kappa shape index (κ1) is 12.9. The van der Waals surface area contributed by atoms with E-state index in [2.05, 4.69) is 4.98 Å². The van der Waals surface area contributed by atoms with Gasteiger partial charge in [0.25, 0.3) is 0 Å². The summed E-state index contributed by atoms with van der Waals surface area (Å²) in [5.41, 5.74) is 7.92. The van der Waals surface area contributed by atoms with Gasteiger partial charge in [-0.05, 0) is 35.9 Å². The van der Waals surface area contributed by atoms with Crippen molar-refractivity contribution >= 4 is 22.7 Å². The molecule has 20 heavy (non-hydrogen) atoms. The maximum Gasteiger partial charge on any atom is 0.417 e. The number of hydrogen-bond acceptors (Lipinski definition) is 3. The van der Waals surface area contributed by atoms with Crippen LogP contribution in [0.4, 0.5) is 4.39 Å². The number of aromatic nitrogens is 1. The second-order valence-corrected chi connectivity index (χ2v) is 4.85. The van der Waals surface area contributed by atoms with Gasteiger partial charge < -0.3 is 10.2 Å². The number of oxazole rings is 1. The number of hydrogen-bond donors (Lipinski definition) is 2. The van der Waals surface area contributed by atoms with Gasteiger partial charge in [-0.1, -0.05) is 17.7 Å². The number of nitrogens with two attached hydrogens (primary N) is 1. The van der Waals surface area contributed by atoms with E-state index in [4.69, 9.17) is 21.8 Å². The van der Waals surface area contributed by atoms with Crippen LogP contribution in [0.3, 0.4) is 0 Å². The standard InChI is InChI=1S/C14H10ClFN2O2/c15-8-2-3-10(16)9(6-8)13(17)7-1-4-11-12(5-7)20-14(19)18-11/h1-6,13H,17H2,(H,18,19). The quantitative estimate of drug-likeness (QED) is 0.763. The third-order valence-corrected chi connectivity index (χ3v) is 3.33. The van der Waals surface area contributed by atoms with Crippen LogP contribution in [0.1, 0.15) is 17.2 Å². The van der Waals surface area contributed by atoms with E-state index in [0.717, 1.165) is 0 Å². The van der Waals surface area contributed by atoms with Gasteiger partial charge in [0, 0.05) is 10.6 Å². The molecule has 0 spiro atoms. The Balaban J connectivity index is 2.09. The lowest BCUT2D eigenvalue weighted by molar-refractivity contribution is 0.554. The molecular weight excluding hydrogens is 283 g/mol. The molecule has 0 saturated heterocycles. The molecule has 2 aromatic carbocycles. The summed E-state index contributed by atoms with van der Waals surface area (Å²) < 4.78 is 18.8. The summed E-state index contributed by atoms with van der Waals surface area (Å²) in [7, 11) is 0. The molecule has 6 heteroatoms. The maximum absolute atomic E-state index is 13.8. The Hall–Kier alpha value is -2.11. The number of halogens is 2. The number of rotatable bonds is 2.